The summed E-state index contributed by atoms with van der Waals surface area (Å²) in [7, 11) is 0. The summed E-state index contributed by atoms with van der Waals surface area (Å²) < 4.78 is 0. The van der Waals surface area contributed by atoms with Crippen molar-refractivity contribution in [1.82, 2.24) is 0 Å². The zero-order valence-electron chi connectivity index (χ0n) is 9.96. The van der Waals surface area contributed by atoms with Crippen LogP contribution >= 0.6 is 0 Å². The summed E-state index contributed by atoms with van der Waals surface area (Å²) in [5, 5.41) is 0. The molecule has 0 atom stereocenters. The Kier molecular flexibility index (Phi) is 3.09. The Morgan fingerprint density at radius 3 is 2.94 bits per heavy atom. The number of hydrogen-bond donors (Lipinski definition) is 1. The molecule has 2 N–H and O–H groups in total. The highest BCUT2D eigenvalue weighted by molar-refractivity contribution is 6.01. The Balaban J connectivity index is 2.50. The van der Waals surface area contributed by atoms with Gasteiger partial charge in [-0.1, -0.05) is 23.8 Å². The Morgan fingerprint density at radius 1 is 1.38 bits per heavy atom. The van der Waals surface area contributed by atoms with E-state index in [0.29, 0.717) is 0 Å². The third kappa shape index (κ3) is 2.16. The molecule has 84 valence electrons. The monoisotopic (exact) mass is 214 g/mol. The molecule has 2 rings (SSSR count). The Morgan fingerprint density at radius 2 is 2.19 bits per heavy atom. The summed E-state index contributed by atoms with van der Waals surface area (Å²) in [5.41, 5.74) is 11.6. The van der Waals surface area contributed by atoms with E-state index in [2.05, 4.69) is 25.2 Å². The Labute approximate surface area is 96.9 Å². The molecule has 0 aromatic rings. The lowest BCUT2D eigenvalue weighted by Crippen LogP contribution is -2.05. The molecule has 0 saturated carbocycles. The number of rotatable bonds is 0. The van der Waals surface area contributed by atoms with Crippen molar-refractivity contribution in [3.8, 4) is 0 Å². The molecule has 16 heavy (non-hydrogen) atoms. The summed E-state index contributed by atoms with van der Waals surface area (Å²) in [6, 6.07) is 0. The van der Waals surface area contributed by atoms with Gasteiger partial charge in [-0.2, -0.15) is 0 Å². The molecule has 0 amide bonds. The SMILES string of the molecule is C/C1=C/C(=C/N)C(/C)=N\C2=C(C=CCC2)C1. The summed E-state index contributed by atoms with van der Waals surface area (Å²) in [6.07, 6.45) is 11.4. The Bertz CT molecular complexity index is 445. The predicted octanol–water partition coefficient (Wildman–Crippen LogP) is 3.24. The Hall–Kier alpha value is -1.57. The average Bonchev–Trinajstić information content (AvgIpc) is 2.26. The van der Waals surface area contributed by atoms with E-state index in [1.807, 2.05) is 6.92 Å². The predicted molar refractivity (Wildman–Crippen MR) is 69.2 cm³/mol. The van der Waals surface area contributed by atoms with Gasteiger partial charge >= 0.3 is 0 Å². The zero-order valence-corrected chi connectivity index (χ0v) is 9.96. The molecule has 0 saturated heterocycles. The molecule has 2 aliphatic rings. The molecule has 1 aliphatic carbocycles. The van der Waals surface area contributed by atoms with Gasteiger partial charge in [0.1, 0.15) is 0 Å². The van der Waals surface area contributed by atoms with Gasteiger partial charge in [-0.05, 0) is 38.7 Å². The lowest BCUT2D eigenvalue weighted by Gasteiger charge is -2.17. The number of nitrogens with zero attached hydrogens (tertiary/aromatic N) is 1. The highest BCUT2D eigenvalue weighted by atomic mass is 14.8. The van der Waals surface area contributed by atoms with E-state index in [4.69, 9.17) is 10.7 Å². The molecule has 0 aromatic carbocycles. The van der Waals surface area contributed by atoms with Crippen molar-refractivity contribution < 1.29 is 0 Å². The van der Waals surface area contributed by atoms with Crippen LogP contribution in [0.1, 0.15) is 33.1 Å². The van der Waals surface area contributed by atoms with Crippen LogP contribution in [0.3, 0.4) is 0 Å². The van der Waals surface area contributed by atoms with Crippen LogP contribution < -0.4 is 5.73 Å². The van der Waals surface area contributed by atoms with Gasteiger partial charge in [0.15, 0.2) is 0 Å². The molecule has 0 unspecified atom stereocenters. The fourth-order valence-electron chi connectivity index (χ4n) is 2.15. The van der Waals surface area contributed by atoms with Crippen molar-refractivity contribution in [1.29, 1.82) is 0 Å². The highest BCUT2D eigenvalue weighted by Gasteiger charge is 2.12. The number of aliphatic imine (C=N–C) groups is 1. The minimum atomic E-state index is 0.986. The lowest BCUT2D eigenvalue weighted by molar-refractivity contribution is 0.898. The van der Waals surface area contributed by atoms with Crippen LogP contribution in [0.2, 0.25) is 0 Å². The van der Waals surface area contributed by atoms with E-state index < -0.39 is 0 Å². The van der Waals surface area contributed by atoms with Crippen molar-refractivity contribution in [2.24, 2.45) is 10.7 Å². The van der Waals surface area contributed by atoms with Gasteiger partial charge in [-0.25, -0.2) is 0 Å². The molecule has 2 heteroatoms. The molecular weight excluding hydrogens is 196 g/mol. The van der Waals surface area contributed by atoms with Gasteiger partial charge in [0, 0.05) is 23.2 Å². The molecule has 2 nitrogen and oxygen atoms in total. The standard InChI is InChI=1S/C14H18N2/c1-10-7-12-5-3-4-6-14(12)16-11(2)13(8-10)9-15/h3,5,8-9H,4,6-7,15H2,1-2H3/b10-8-,13-9-,16-11-. The molecule has 1 heterocycles. The third-order valence-electron chi connectivity index (χ3n) is 3.01. The first kappa shape index (κ1) is 10.9. The normalized spacial score (nSPS) is 30.0. The molecule has 0 fully saturated rings. The molecule has 0 aromatic heterocycles. The maximum Gasteiger partial charge on any atom is 0.0462 e. The van der Waals surface area contributed by atoms with Crippen LogP contribution in [0.15, 0.2) is 51.8 Å². The lowest BCUT2D eigenvalue weighted by atomic mass is 9.94. The second-order valence-corrected chi connectivity index (χ2v) is 4.40. The first-order chi connectivity index (χ1) is 7.70. The van der Waals surface area contributed by atoms with Crippen LogP contribution in [0.25, 0.3) is 0 Å². The molecule has 0 bridgehead atoms. The minimum absolute atomic E-state index is 0.986. The van der Waals surface area contributed by atoms with E-state index in [1.54, 1.807) is 6.20 Å². The van der Waals surface area contributed by atoms with Gasteiger partial charge in [0.25, 0.3) is 0 Å². The third-order valence-corrected chi connectivity index (χ3v) is 3.01. The van der Waals surface area contributed by atoms with Crippen molar-refractivity contribution >= 4 is 5.71 Å². The van der Waals surface area contributed by atoms with Gasteiger partial charge in [0.2, 0.25) is 0 Å². The van der Waals surface area contributed by atoms with Crippen LogP contribution in [0, 0.1) is 0 Å². The average molecular weight is 214 g/mol. The fourth-order valence-corrected chi connectivity index (χ4v) is 2.15. The maximum absolute atomic E-state index is 5.63. The van der Waals surface area contributed by atoms with Gasteiger partial charge < -0.3 is 5.73 Å². The van der Waals surface area contributed by atoms with E-state index in [1.165, 1.54) is 16.8 Å². The first-order valence-corrected chi connectivity index (χ1v) is 5.74. The zero-order chi connectivity index (χ0) is 11.5. The van der Waals surface area contributed by atoms with Crippen LogP contribution in [0.5, 0.6) is 0 Å². The summed E-state index contributed by atoms with van der Waals surface area (Å²) >= 11 is 0. The smallest absolute Gasteiger partial charge is 0.0462 e. The topological polar surface area (TPSA) is 38.4 Å². The quantitative estimate of drug-likeness (QED) is 0.660. The van der Waals surface area contributed by atoms with E-state index in [-0.39, 0.29) is 0 Å². The summed E-state index contributed by atoms with van der Waals surface area (Å²) in [4.78, 5) is 4.70. The van der Waals surface area contributed by atoms with Crippen LogP contribution in [-0.2, 0) is 0 Å². The highest BCUT2D eigenvalue weighted by Crippen LogP contribution is 2.28. The first-order valence-electron chi connectivity index (χ1n) is 5.74. The van der Waals surface area contributed by atoms with E-state index in [0.717, 1.165) is 30.5 Å². The summed E-state index contributed by atoms with van der Waals surface area (Å²) in [5.74, 6) is 0. The number of nitrogens with two attached hydrogens (primary N) is 1. The van der Waals surface area contributed by atoms with Gasteiger partial charge in [-0.15, -0.1) is 0 Å². The van der Waals surface area contributed by atoms with E-state index in [9.17, 15) is 0 Å². The van der Waals surface area contributed by atoms with Crippen molar-refractivity contribution in [2.45, 2.75) is 33.1 Å². The second kappa shape index (κ2) is 4.52. The largest absolute Gasteiger partial charge is 0.404 e. The maximum atomic E-state index is 5.63. The molecular formula is C14H18N2. The van der Waals surface area contributed by atoms with Crippen molar-refractivity contribution in [3.63, 3.8) is 0 Å². The number of hydrogen-bond acceptors (Lipinski definition) is 2. The minimum Gasteiger partial charge on any atom is -0.404 e. The van der Waals surface area contributed by atoms with Crippen LogP contribution in [-0.4, -0.2) is 5.71 Å². The number of allylic oxidation sites excluding steroid dienone is 7. The van der Waals surface area contributed by atoms with Crippen molar-refractivity contribution in [3.05, 3.63) is 46.8 Å². The van der Waals surface area contributed by atoms with Gasteiger partial charge in [-0.3, -0.25) is 4.99 Å². The fraction of sp³-hybridized carbons (Fsp3) is 0.357. The van der Waals surface area contributed by atoms with Crippen molar-refractivity contribution in [2.75, 3.05) is 0 Å². The molecule has 0 spiro atoms. The van der Waals surface area contributed by atoms with Crippen LogP contribution in [0.4, 0.5) is 0 Å². The second-order valence-electron chi connectivity index (χ2n) is 4.40. The molecule has 0 radical (unpaired) electrons. The van der Waals surface area contributed by atoms with E-state index >= 15 is 0 Å². The summed E-state index contributed by atoms with van der Waals surface area (Å²) in [6.45, 7) is 4.17. The van der Waals surface area contributed by atoms with Gasteiger partial charge in [0.05, 0.1) is 0 Å². The molecule has 1 aliphatic heterocycles.